The highest BCUT2D eigenvalue weighted by atomic mass is 16.6. The summed E-state index contributed by atoms with van der Waals surface area (Å²) in [5.74, 6) is -0.0231. The quantitative estimate of drug-likeness (QED) is 0.862. The number of benzene rings is 2. The molecule has 0 atom stereocenters. The average molecular weight is 381 g/mol. The molecule has 0 unspecified atom stereocenters. The Morgan fingerprint density at radius 3 is 2.32 bits per heavy atom. The summed E-state index contributed by atoms with van der Waals surface area (Å²) in [5.41, 5.74) is 4.03. The van der Waals surface area contributed by atoms with Crippen LogP contribution in [0.2, 0.25) is 0 Å². The Hall–Kier alpha value is -3.02. The number of piperazine rings is 1. The Kier molecular flexibility index (Phi) is 6.53. The van der Waals surface area contributed by atoms with Gasteiger partial charge < -0.3 is 19.9 Å². The molecule has 3 rings (SSSR count). The van der Waals surface area contributed by atoms with Crippen molar-refractivity contribution in [3.05, 3.63) is 59.7 Å². The Balaban J connectivity index is 1.52. The molecule has 0 bridgehead atoms. The first kappa shape index (κ1) is 19.7. The third-order valence-electron chi connectivity index (χ3n) is 4.93. The van der Waals surface area contributed by atoms with Crippen molar-refractivity contribution in [3.63, 3.8) is 0 Å². The van der Waals surface area contributed by atoms with Gasteiger partial charge in [-0.05, 0) is 49.2 Å². The normalized spacial score (nSPS) is 13.9. The molecule has 1 saturated heterocycles. The molecule has 2 aromatic carbocycles. The minimum atomic E-state index is -0.242. The van der Waals surface area contributed by atoms with Crippen molar-refractivity contribution in [2.45, 2.75) is 20.3 Å². The summed E-state index contributed by atoms with van der Waals surface area (Å²) in [5, 5.41) is 2.96. The number of aryl methyl sites for hydroxylation is 1. The van der Waals surface area contributed by atoms with Crippen molar-refractivity contribution in [3.8, 4) is 0 Å². The van der Waals surface area contributed by atoms with Crippen molar-refractivity contribution in [1.29, 1.82) is 0 Å². The maximum Gasteiger partial charge on any atom is 0.409 e. The van der Waals surface area contributed by atoms with Crippen molar-refractivity contribution < 1.29 is 14.3 Å². The fourth-order valence-electron chi connectivity index (χ4n) is 3.30. The first-order valence-corrected chi connectivity index (χ1v) is 9.68. The summed E-state index contributed by atoms with van der Waals surface area (Å²) in [4.78, 5) is 28.1. The van der Waals surface area contributed by atoms with E-state index in [0.29, 0.717) is 26.1 Å². The van der Waals surface area contributed by atoms with E-state index in [1.165, 1.54) is 0 Å². The van der Waals surface area contributed by atoms with Crippen LogP contribution in [0, 0.1) is 6.92 Å². The molecular formula is C22H27N3O3. The van der Waals surface area contributed by atoms with Gasteiger partial charge in [0, 0.05) is 37.6 Å². The summed E-state index contributed by atoms with van der Waals surface area (Å²) < 4.78 is 5.05. The SMILES string of the molecule is CCOC(=O)N1CCN(c2ccc(NC(=O)Cc3ccccc3C)cc2)CC1. The van der Waals surface area contributed by atoms with Crippen LogP contribution in [0.4, 0.5) is 16.2 Å². The van der Waals surface area contributed by atoms with Crippen molar-refractivity contribution in [2.75, 3.05) is 43.0 Å². The number of amides is 2. The Labute approximate surface area is 166 Å². The van der Waals surface area contributed by atoms with Crippen LogP contribution >= 0.6 is 0 Å². The lowest BCUT2D eigenvalue weighted by atomic mass is 10.1. The lowest BCUT2D eigenvalue weighted by Gasteiger charge is -2.35. The van der Waals surface area contributed by atoms with E-state index in [0.717, 1.165) is 35.6 Å². The van der Waals surface area contributed by atoms with Gasteiger partial charge in [-0.25, -0.2) is 4.79 Å². The van der Waals surface area contributed by atoms with Crippen molar-refractivity contribution >= 4 is 23.4 Å². The zero-order chi connectivity index (χ0) is 19.9. The molecule has 0 saturated carbocycles. The third kappa shape index (κ3) is 5.03. The fourth-order valence-corrected chi connectivity index (χ4v) is 3.30. The number of hydrogen-bond acceptors (Lipinski definition) is 4. The van der Waals surface area contributed by atoms with Crippen LogP contribution in [-0.2, 0) is 16.0 Å². The van der Waals surface area contributed by atoms with E-state index < -0.39 is 0 Å². The van der Waals surface area contributed by atoms with E-state index >= 15 is 0 Å². The molecule has 2 aromatic rings. The first-order chi connectivity index (χ1) is 13.6. The first-order valence-electron chi connectivity index (χ1n) is 9.68. The highest BCUT2D eigenvalue weighted by Gasteiger charge is 2.22. The van der Waals surface area contributed by atoms with E-state index in [2.05, 4.69) is 10.2 Å². The van der Waals surface area contributed by atoms with Crippen LogP contribution in [-0.4, -0.2) is 49.7 Å². The summed E-state index contributed by atoms with van der Waals surface area (Å²) in [6.45, 7) is 7.04. The van der Waals surface area contributed by atoms with Crippen LogP contribution in [0.25, 0.3) is 0 Å². The monoisotopic (exact) mass is 381 g/mol. The summed E-state index contributed by atoms with van der Waals surface area (Å²) in [6, 6.07) is 15.8. The molecule has 28 heavy (non-hydrogen) atoms. The maximum absolute atomic E-state index is 12.3. The average Bonchev–Trinajstić information content (AvgIpc) is 2.71. The molecule has 6 heteroatoms. The van der Waals surface area contributed by atoms with Crippen LogP contribution in [0.5, 0.6) is 0 Å². The summed E-state index contributed by atoms with van der Waals surface area (Å²) in [6.07, 6.45) is 0.124. The van der Waals surface area contributed by atoms with E-state index in [1.807, 2.05) is 62.4 Å². The topological polar surface area (TPSA) is 61.9 Å². The summed E-state index contributed by atoms with van der Waals surface area (Å²) >= 11 is 0. The van der Waals surface area contributed by atoms with Gasteiger partial charge in [-0.2, -0.15) is 0 Å². The Morgan fingerprint density at radius 2 is 1.68 bits per heavy atom. The number of hydrogen-bond donors (Lipinski definition) is 1. The molecule has 0 aliphatic carbocycles. The molecular weight excluding hydrogens is 354 g/mol. The van der Waals surface area contributed by atoms with E-state index in [-0.39, 0.29) is 12.0 Å². The van der Waals surface area contributed by atoms with Gasteiger partial charge in [0.2, 0.25) is 5.91 Å². The maximum atomic E-state index is 12.3. The molecule has 0 aromatic heterocycles. The highest BCUT2D eigenvalue weighted by molar-refractivity contribution is 5.92. The summed E-state index contributed by atoms with van der Waals surface area (Å²) in [7, 11) is 0. The van der Waals surface area contributed by atoms with E-state index in [4.69, 9.17) is 4.74 Å². The van der Waals surface area contributed by atoms with Gasteiger partial charge in [-0.15, -0.1) is 0 Å². The van der Waals surface area contributed by atoms with Crippen LogP contribution in [0.1, 0.15) is 18.1 Å². The highest BCUT2D eigenvalue weighted by Crippen LogP contribution is 2.20. The molecule has 1 fully saturated rings. The largest absolute Gasteiger partial charge is 0.450 e. The second kappa shape index (κ2) is 9.26. The van der Waals surface area contributed by atoms with Gasteiger partial charge in [-0.3, -0.25) is 4.79 Å². The van der Waals surface area contributed by atoms with Gasteiger partial charge in [0.15, 0.2) is 0 Å². The minimum absolute atomic E-state index is 0.0231. The molecule has 1 heterocycles. The fraction of sp³-hybridized carbons (Fsp3) is 0.364. The number of ether oxygens (including phenoxy) is 1. The van der Waals surface area contributed by atoms with Crippen LogP contribution in [0.3, 0.4) is 0 Å². The second-order valence-electron chi connectivity index (χ2n) is 6.87. The smallest absolute Gasteiger partial charge is 0.409 e. The van der Waals surface area contributed by atoms with Gasteiger partial charge in [0.25, 0.3) is 0 Å². The molecule has 0 spiro atoms. The standard InChI is InChI=1S/C22H27N3O3/c1-3-28-22(27)25-14-12-24(13-15-25)20-10-8-19(9-11-20)23-21(26)16-18-7-5-4-6-17(18)2/h4-11H,3,12-16H2,1-2H3,(H,23,26). The molecule has 148 valence electrons. The van der Waals surface area contributed by atoms with Gasteiger partial charge in [0.05, 0.1) is 13.0 Å². The van der Waals surface area contributed by atoms with Gasteiger partial charge in [0.1, 0.15) is 0 Å². The number of nitrogens with one attached hydrogen (secondary N) is 1. The lowest BCUT2D eigenvalue weighted by molar-refractivity contribution is -0.115. The number of carbonyl (C=O) groups is 2. The minimum Gasteiger partial charge on any atom is -0.450 e. The van der Waals surface area contributed by atoms with Crippen LogP contribution < -0.4 is 10.2 Å². The molecule has 2 amide bonds. The number of carbonyl (C=O) groups excluding carboxylic acids is 2. The predicted molar refractivity (Wildman–Crippen MR) is 111 cm³/mol. The molecule has 1 aliphatic rings. The molecule has 6 nitrogen and oxygen atoms in total. The Morgan fingerprint density at radius 1 is 1.00 bits per heavy atom. The van der Waals surface area contributed by atoms with Crippen molar-refractivity contribution in [2.24, 2.45) is 0 Å². The zero-order valence-corrected chi connectivity index (χ0v) is 16.5. The van der Waals surface area contributed by atoms with Crippen LogP contribution in [0.15, 0.2) is 48.5 Å². The predicted octanol–water partition coefficient (Wildman–Crippen LogP) is 3.45. The second-order valence-corrected chi connectivity index (χ2v) is 6.87. The Bertz CT molecular complexity index is 812. The van der Waals surface area contributed by atoms with Crippen molar-refractivity contribution in [1.82, 2.24) is 4.90 Å². The molecule has 1 aliphatic heterocycles. The molecule has 1 N–H and O–H groups in total. The van der Waals surface area contributed by atoms with E-state index in [1.54, 1.807) is 4.90 Å². The zero-order valence-electron chi connectivity index (χ0n) is 16.5. The number of rotatable bonds is 5. The molecule has 0 radical (unpaired) electrons. The van der Waals surface area contributed by atoms with E-state index in [9.17, 15) is 9.59 Å². The van der Waals surface area contributed by atoms with Gasteiger partial charge in [-0.1, -0.05) is 24.3 Å². The number of nitrogens with zero attached hydrogens (tertiary/aromatic N) is 2. The lowest BCUT2D eigenvalue weighted by Crippen LogP contribution is -2.49. The number of anilines is 2. The third-order valence-corrected chi connectivity index (χ3v) is 4.93. The van der Waals surface area contributed by atoms with Gasteiger partial charge >= 0.3 is 6.09 Å².